The number of hydrogen-bond donors (Lipinski definition) is 1. The number of unbranched alkanes of at least 4 members (excludes halogenated alkanes) is 1. The number of anilines is 1. The molecule has 4 aliphatic carbocycles. The first kappa shape index (κ1) is 20.8. The lowest BCUT2D eigenvalue weighted by Crippen LogP contribution is -2.59. The van der Waals surface area contributed by atoms with Crippen molar-refractivity contribution in [3.05, 3.63) is 53.7 Å². The molecule has 5 heteroatoms. The summed E-state index contributed by atoms with van der Waals surface area (Å²) in [6.45, 7) is 2.16. The minimum Gasteiger partial charge on any atom is -0.381 e. The molecule has 170 valence electrons. The quantitative estimate of drug-likeness (QED) is 0.380. The highest BCUT2D eigenvalue weighted by Crippen LogP contribution is 2.55. The smallest absolute Gasteiger partial charge is 0.166 e. The van der Waals surface area contributed by atoms with E-state index in [1.807, 2.05) is 18.2 Å². The third kappa shape index (κ3) is 3.81. The SMILES string of the molecule is CCCCc1ccc(-c2cc3c(NC4C5CC4C5)c(C(=O)CC4CC4)cnc3cc2F)cn1. The number of pyridine rings is 2. The van der Waals surface area contributed by atoms with Crippen LogP contribution < -0.4 is 5.32 Å². The number of aryl methyl sites for hydroxylation is 1. The number of aromatic nitrogens is 2. The van der Waals surface area contributed by atoms with Crippen molar-refractivity contribution >= 4 is 22.4 Å². The molecule has 0 radical (unpaired) electrons. The van der Waals surface area contributed by atoms with Gasteiger partial charge in [-0.2, -0.15) is 0 Å². The van der Waals surface area contributed by atoms with Crippen LogP contribution in [-0.4, -0.2) is 21.8 Å². The number of carbonyl (C=O) groups is 1. The molecule has 2 heterocycles. The van der Waals surface area contributed by atoms with Crippen LogP contribution in [0.3, 0.4) is 0 Å². The molecule has 0 saturated heterocycles. The maximum atomic E-state index is 15.1. The average Bonchev–Trinajstić information content (AvgIpc) is 3.58. The van der Waals surface area contributed by atoms with E-state index in [2.05, 4.69) is 22.2 Å². The minimum atomic E-state index is -0.312. The van der Waals surface area contributed by atoms with Gasteiger partial charge in [-0.05, 0) is 68.4 Å². The lowest BCUT2D eigenvalue weighted by molar-refractivity contribution is -0.00384. The molecule has 33 heavy (non-hydrogen) atoms. The van der Waals surface area contributed by atoms with Gasteiger partial charge in [-0.3, -0.25) is 14.8 Å². The zero-order chi connectivity index (χ0) is 22.5. The highest BCUT2D eigenvalue weighted by atomic mass is 19.1. The molecule has 0 unspecified atom stereocenters. The topological polar surface area (TPSA) is 54.9 Å². The lowest BCUT2D eigenvalue weighted by atomic mass is 9.52. The van der Waals surface area contributed by atoms with E-state index in [-0.39, 0.29) is 11.6 Å². The van der Waals surface area contributed by atoms with Crippen LogP contribution in [0, 0.1) is 23.6 Å². The molecule has 2 aromatic heterocycles. The molecule has 0 aliphatic heterocycles. The van der Waals surface area contributed by atoms with Crippen molar-refractivity contribution in [3.63, 3.8) is 0 Å². The fourth-order valence-corrected chi connectivity index (χ4v) is 5.28. The van der Waals surface area contributed by atoms with Gasteiger partial charge in [0.15, 0.2) is 5.78 Å². The van der Waals surface area contributed by atoms with Crippen molar-refractivity contribution < 1.29 is 9.18 Å². The molecule has 4 fully saturated rings. The Morgan fingerprint density at radius 2 is 1.94 bits per heavy atom. The second-order valence-corrected chi connectivity index (χ2v) is 10.3. The summed E-state index contributed by atoms with van der Waals surface area (Å²) in [5.74, 6) is 1.75. The first-order valence-electron chi connectivity index (χ1n) is 12.5. The molecule has 4 saturated carbocycles. The second-order valence-electron chi connectivity index (χ2n) is 10.3. The van der Waals surface area contributed by atoms with E-state index in [9.17, 15) is 4.79 Å². The largest absolute Gasteiger partial charge is 0.381 e. The number of hydrogen-bond acceptors (Lipinski definition) is 4. The highest BCUT2D eigenvalue weighted by Gasteiger charge is 2.52. The number of benzene rings is 1. The fraction of sp³-hybridized carbons (Fsp3) is 0.464. The van der Waals surface area contributed by atoms with Crippen molar-refractivity contribution in [2.45, 2.75) is 64.3 Å². The predicted molar refractivity (Wildman–Crippen MR) is 129 cm³/mol. The van der Waals surface area contributed by atoms with Crippen LogP contribution in [0.25, 0.3) is 22.0 Å². The van der Waals surface area contributed by atoms with Crippen molar-refractivity contribution in [1.82, 2.24) is 9.97 Å². The summed E-state index contributed by atoms with van der Waals surface area (Å²) in [4.78, 5) is 22.2. The molecule has 4 nitrogen and oxygen atoms in total. The zero-order valence-corrected chi connectivity index (χ0v) is 19.1. The average molecular weight is 444 g/mol. The van der Waals surface area contributed by atoms with Gasteiger partial charge in [0.1, 0.15) is 5.82 Å². The molecule has 2 bridgehead atoms. The maximum absolute atomic E-state index is 15.1. The number of rotatable bonds is 9. The Morgan fingerprint density at radius 1 is 1.12 bits per heavy atom. The fourth-order valence-electron chi connectivity index (χ4n) is 5.28. The van der Waals surface area contributed by atoms with Gasteiger partial charge in [-0.25, -0.2) is 4.39 Å². The van der Waals surface area contributed by atoms with E-state index in [1.165, 1.54) is 18.9 Å². The molecule has 1 N–H and O–H groups in total. The van der Waals surface area contributed by atoms with E-state index in [0.717, 1.165) is 54.4 Å². The van der Waals surface area contributed by atoms with E-state index < -0.39 is 0 Å². The Kier molecular flexibility index (Phi) is 5.16. The van der Waals surface area contributed by atoms with Crippen LogP contribution in [0.1, 0.15) is 67.9 Å². The number of ketones is 1. The summed E-state index contributed by atoms with van der Waals surface area (Å²) in [5.41, 5.74) is 4.38. The van der Waals surface area contributed by atoms with Crippen molar-refractivity contribution in [2.75, 3.05) is 5.32 Å². The molecule has 4 aliphatic rings. The summed E-state index contributed by atoms with van der Waals surface area (Å²) in [6.07, 6.45) is 12.0. The van der Waals surface area contributed by atoms with Crippen LogP contribution in [0.15, 0.2) is 36.7 Å². The minimum absolute atomic E-state index is 0.148. The first-order chi connectivity index (χ1) is 16.1. The standard InChI is InChI=1S/C28H30FN3O/c1-2-3-4-20-8-7-17(14-30-20)21-12-22-25(13-24(21)29)31-15-23(26(33)9-16-5-6-16)28(22)32-27-18-10-19(27)11-18/h7-8,12-16,18-19,27H,2-6,9-11H2,1H3,(H,31,32). The maximum Gasteiger partial charge on any atom is 0.166 e. The Labute approximate surface area is 194 Å². The van der Waals surface area contributed by atoms with Gasteiger partial charge < -0.3 is 5.32 Å². The van der Waals surface area contributed by atoms with Crippen molar-refractivity contribution in [2.24, 2.45) is 17.8 Å². The molecule has 1 aromatic carbocycles. The lowest BCUT2D eigenvalue weighted by Gasteiger charge is -2.58. The Morgan fingerprint density at radius 3 is 2.58 bits per heavy atom. The van der Waals surface area contributed by atoms with E-state index in [0.29, 0.717) is 46.9 Å². The number of nitrogens with zero attached hydrogens (tertiary/aromatic N) is 2. The van der Waals surface area contributed by atoms with Gasteiger partial charge in [0.2, 0.25) is 0 Å². The monoisotopic (exact) mass is 443 g/mol. The number of halogens is 1. The van der Waals surface area contributed by atoms with Gasteiger partial charge in [0, 0.05) is 53.1 Å². The summed E-state index contributed by atoms with van der Waals surface area (Å²) in [7, 11) is 0. The summed E-state index contributed by atoms with van der Waals surface area (Å²) < 4.78 is 15.1. The molecule has 0 amide bonds. The van der Waals surface area contributed by atoms with E-state index >= 15 is 4.39 Å². The molecular weight excluding hydrogens is 413 g/mol. The van der Waals surface area contributed by atoms with Crippen LogP contribution >= 0.6 is 0 Å². The summed E-state index contributed by atoms with van der Waals surface area (Å²) in [5, 5.41) is 4.52. The third-order valence-corrected chi connectivity index (χ3v) is 7.89. The van der Waals surface area contributed by atoms with Crippen LogP contribution in [0.2, 0.25) is 0 Å². The summed E-state index contributed by atoms with van der Waals surface area (Å²) >= 11 is 0. The van der Waals surface area contributed by atoms with Gasteiger partial charge >= 0.3 is 0 Å². The van der Waals surface area contributed by atoms with Gasteiger partial charge in [0.05, 0.1) is 16.8 Å². The molecule has 0 spiro atoms. The first-order valence-corrected chi connectivity index (χ1v) is 12.5. The van der Waals surface area contributed by atoms with E-state index in [4.69, 9.17) is 0 Å². The normalized spacial score (nSPS) is 23.2. The van der Waals surface area contributed by atoms with Gasteiger partial charge in [-0.1, -0.05) is 19.4 Å². The zero-order valence-electron chi connectivity index (χ0n) is 19.1. The van der Waals surface area contributed by atoms with Crippen LogP contribution in [0.5, 0.6) is 0 Å². The van der Waals surface area contributed by atoms with Crippen molar-refractivity contribution in [1.29, 1.82) is 0 Å². The second kappa shape index (κ2) is 8.19. The Hall–Kier alpha value is -2.82. The molecular formula is C28H30FN3O. The number of carbonyl (C=O) groups excluding carboxylic acids is 1. The number of fused-ring (bicyclic) bond motifs is 1. The predicted octanol–water partition coefficient (Wildman–Crippen LogP) is 6.58. The van der Waals surface area contributed by atoms with Crippen LogP contribution in [-0.2, 0) is 6.42 Å². The molecule has 0 atom stereocenters. The highest BCUT2D eigenvalue weighted by molar-refractivity contribution is 6.09. The van der Waals surface area contributed by atoms with Gasteiger partial charge in [-0.15, -0.1) is 0 Å². The summed E-state index contributed by atoms with van der Waals surface area (Å²) in [6, 6.07) is 7.73. The van der Waals surface area contributed by atoms with Crippen LogP contribution in [0.4, 0.5) is 10.1 Å². The number of Topliss-reactive ketones (excluding diaryl/α,β-unsaturated/α-hetero) is 1. The number of nitrogens with one attached hydrogen (secondary N) is 1. The molecule has 3 aromatic rings. The van der Waals surface area contributed by atoms with E-state index in [1.54, 1.807) is 12.4 Å². The molecule has 7 rings (SSSR count). The van der Waals surface area contributed by atoms with Crippen molar-refractivity contribution in [3.8, 4) is 11.1 Å². The third-order valence-electron chi connectivity index (χ3n) is 7.89. The Balaban J connectivity index is 1.41. The Bertz CT molecular complexity index is 1200. The van der Waals surface area contributed by atoms with Gasteiger partial charge in [0.25, 0.3) is 0 Å².